The van der Waals surface area contributed by atoms with Crippen molar-refractivity contribution >= 4 is 43.6 Å². The van der Waals surface area contributed by atoms with E-state index in [2.05, 4.69) is 26.5 Å². The minimum Gasteiger partial charge on any atom is -0.335 e. The molecule has 0 amide bonds. The maximum absolute atomic E-state index is 5.70. The zero-order valence-electron chi connectivity index (χ0n) is 9.91. The largest absolute Gasteiger partial charge is 0.335 e. The Hall–Kier alpha value is -0.340. The molecule has 0 aromatic carbocycles. The van der Waals surface area contributed by atoms with E-state index in [1.807, 2.05) is 36.1 Å². The minimum absolute atomic E-state index is 0.161. The van der Waals surface area contributed by atoms with Crippen molar-refractivity contribution in [1.29, 1.82) is 0 Å². The second kappa shape index (κ2) is 6.72. The number of anilines is 1. The fraction of sp³-hybridized carbons (Fsp3) is 0.400. The van der Waals surface area contributed by atoms with Crippen LogP contribution in [0.3, 0.4) is 0 Å². The summed E-state index contributed by atoms with van der Waals surface area (Å²) < 4.78 is 10.8. The fourth-order valence-corrected chi connectivity index (χ4v) is 3.02. The summed E-state index contributed by atoms with van der Waals surface area (Å²) in [5, 5.41) is 2.97. The van der Waals surface area contributed by atoms with Crippen molar-refractivity contribution in [2.75, 3.05) is 25.0 Å². The molecule has 1 aliphatic heterocycles. The van der Waals surface area contributed by atoms with E-state index < -0.39 is 8.53 Å². The number of nitrogens with zero attached hydrogens (tertiary/aromatic N) is 3. The second-order valence-corrected chi connectivity index (χ2v) is 6.16. The lowest BCUT2D eigenvalue weighted by molar-refractivity contribution is 0.171. The van der Waals surface area contributed by atoms with Gasteiger partial charge in [-0.2, -0.15) is 0 Å². The molecule has 1 saturated heterocycles. The first-order valence-electron chi connectivity index (χ1n) is 5.40. The fourth-order valence-electron chi connectivity index (χ4n) is 1.53. The van der Waals surface area contributed by atoms with Crippen LogP contribution in [0.1, 0.15) is 5.69 Å². The number of halogens is 1. The molecule has 0 spiro atoms. The van der Waals surface area contributed by atoms with Gasteiger partial charge in [0, 0.05) is 19.3 Å². The van der Waals surface area contributed by atoms with Crippen LogP contribution in [0.5, 0.6) is 0 Å². The molecule has 1 aromatic rings. The Morgan fingerprint density at radius 2 is 2.44 bits per heavy atom. The zero-order valence-corrected chi connectivity index (χ0v) is 13.0. The standard InChI is InChI=1S/C10H14IN4O2P/c1-3-8-4-5-13-10(14-8)15-6-9(7-15)16-18(12-2)17-11/h3-5,9,12H,1,6-7H2,2H3. The molecule has 0 saturated carbocycles. The van der Waals surface area contributed by atoms with Crippen LogP contribution in [0.25, 0.3) is 6.08 Å². The van der Waals surface area contributed by atoms with E-state index >= 15 is 0 Å². The van der Waals surface area contributed by atoms with Crippen LogP contribution in [0.2, 0.25) is 0 Å². The van der Waals surface area contributed by atoms with Crippen molar-refractivity contribution in [3.63, 3.8) is 0 Å². The van der Waals surface area contributed by atoms with Crippen molar-refractivity contribution < 1.29 is 7.38 Å². The summed E-state index contributed by atoms with van der Waals surface area (Å²) in [4.78, 5) is 10.7. The molecule has 1 aliphatic rings. The van der Waals surface area contributed by atoms with E-state index in [9.17, 15) is 0 Å². The van der Waals surface area contributed by atoms with Crippen LogP contribution in [0.15, 0.2) is 18.8 Å². The van der Waals surface area contributed by atoms with Gasteiger partial charge in [0.25, 0.3) is 8.53 Å². The topological polar surface area (TPSA) is 59.5 Å². The Kier molecular flexibility index (Phi) is 5.25. The molecule has 0 radical (unpaired) electrons. The predicted molar refractivity (Wildman–Crippen MR) is 80.3 cm³/mol. The molecular weight excluding hydrogens is 366 g/mol. The molecule has 0 bridgehead atoms. The molecule has 1 aromatic heterocycles. The van der Waals surface area contributed by atoms with Gasteiger partial charge in [0.2, 0.25) is 5.95 Å². The van der Waals surface area contributed by atoms with E-state index in [1.54, 1.807) is 12.3 Å². The van der Waals surface area contributed by atoms with Gasteiger partial charge in [0.05, 0.1) is 5.69 Å². The maximum atomic E-state index is 5.70. The molecule has 98 valence electrons. The molecule has 2 heterocycles. The molecule has 18 heavy (non-hydrogen) atoms. The number of nitrogens with one attached hydrogen (secondary N) is 1. The van der Waals surface area contributed by atoms with Crippen LogP contribution < -0.4 is 9.99 Å². The van der Waals surface area contributed by atoms with Crippen LogP contribution >= 0.6 is 31.5 Å². The van der Waals surface area contributed by atoms with Gasteiger partial charge >= 0.3 is 0 Å². The summed E-state index contributed by atoms with van der Waals surface area (Å²) >= 11 is 1.84. The summed E-state index contributed by atoms with van der Waals surface area (Å²) in [5.41, 5.74) is 0.831. The highest BCUT2D eigenvalue weighted by molar-refractivity contribution is 14.1. The molecule has 6 nitrogen and oxygen atoms in total. The van der Waals surface area contributed by atoms with Gasteiger partial charge in [-0.25, -0.2) is 9.97 Å². The van der Waals surface area contributed by atoms with Gasteiger partial charge in [-0.05, 0) is 19.2 Å². The summed E-state index contributed by atoms with van der Waals surface area (Å²) in [6, 6.07) is 1.83. The normalized spacial score (nSPS) is 17.3. The average Bonchev–Trinajstić information content (AvgIpc) is 2.38. The average molecular weight is 380 g/mol. The van der Waals surface area contributed by atoms with Gasteiger partial charge in [0.1, 0.15) is 29.1 Å². The van der Waals surface area contributed by atoms with Crippen LogP contribution in [0.4, 0.5) is 5.95 Å². The Morgan fingerprint density at radius 3 is 3.06 bits per heavy atom. The van der Waals surface area contributed by atoms with Crippen LogP contribution in [0, 0.1) is 0 Å². The molecule has 2 rings (SSSR count). The summed E-state index contributed by atoms with van der Waals surface area (Å²) in [5.74, 6) is 0.719. The molecular formula is C10H14IN4O2P. The van der Waals surface area contributed by atoms with Gasteiger partial charge in [0.15, 0.2) is 0 Å². The number of hydrogen-bond acceptors (Lipinski definition) is 6. The van der Waals surface area contributed by atoms with Crippen molar-refractivity contribution in [2.45, 2.75) is 6.10 Å². The van der Waals surface area contributed by atoms with Crippen molar-refractivity contribution in [3.8, 4) is 0 Å². The lowest BCUT2D eigenvalue weighted by atomic mass is 10.2. The van der Waals surface area contributed by atoms with Crippen molar-refractivity contribution in [3.05, 3.63) is 24.5 Å². The van der Waals surface area contributed by atoms with Crippen LogP contribution in [-0.4, -0.2) is 36.2 Å². The molecule has 1 unspecified atom stereocenters. The van der Waals surface area contributed by atoms with Gasteiger partial charge in [-0.1, -0.05) is 6.58 Å². The number of rotatable bonds is 6. The first-order valence-corrected chi connectivity index (χ1v) is 7.46. The summed E-state index contributed by atoms with van der Waals surface area (Å²) in [6.45, 7) is 5.25. The van der Waals surface area contributed by atoms with Crippen LogP contribution in [-0.2, 0) is 7.38 Å². The predicted octanol–water partition coefficient (Wildman–Crippen LogP) is 2.14. The molecule has 1 N–H and O–H groups in total. The third kappa shape index (κ3) is 3.36. The van der Waals surface area contributed by atoms with E-state index in [4.69, 9.17) is 7.38 Å². The molecule has 8 heteroatoms. The summed E-state index contributed by atoms with van der Waals surface area (Å²) in [6.07, 6.45) is 3.61. The highest BCUT2D eigenvalue weighted by atomic mass is 127. The quantitative estimate of drug-likeness (QED) is 0.603. The molecule has 1 fully saturated rings. The van der Waals surface area contributed by atoms with Gasteiger partial charge < -0.3 is 9.42 Å². The summed E-state index contributed by atoms with van der Waals surface area (Å²) in [7, 11) is 0.822. The SMILES string of the molecule is C=Cc1ccnc(N2CC(OP(NC)OI)C2)n1. The smallest absolute Gasteiger partial charge is 0.266 e. The monoisotopic (exact) mass is 380 g/mol. The first kappa shape index (κ1) is 14.1. The number of hydrogen-bond donors (Lipinski definition) is 1. The lowest BCUT2D eigenvalue weighted by Gasteiger charge is -2.39. The molecule has 1 atom stereocenters. The molecule has 0 aliphatic carbocycles. The highest BCUT2D eigenvalue weighted by Gasteiger charge is 2.32. The van der Waals surface area contributed by atoms with Crippen molar-refractivity contribution in [2.24, 2.45) is 0 Å². The van der Waals surface area contributed by atoms with Gasteiger partial charge in [-0.3, -0.25) is 7.94 Å². The minimum atomic E-state index is -0.994. The Balaban J connectivity index is 1.86. The first-order chi connectivity index (χ1) is 8.76. The van der Waals surface area contributed by atoms with E-state index in [0.717, 1.165) is 24.7 Å². The van der Waals surface area contributed by atoms with Gasteiger partial charge in [-0.15, -0.1) is 0 Å². The van der Waals surface area contributed by atoms with E-state index in [-0.39, 0.29) is 6.10 Å². The lowest BCUT2D eigenvalue weighted by Crippen LogP contribution is -2.52. The van der Waals surface area contributed by atoms with E-state index in [1.165, 1.54) is 0 Å². The van der Waals surface area contributed by atoms with E-state index in [0.29, 0.717) is 0 Å². The number of aromatic nitrogens is 2. The second-order valence-electron chi connectivity index (χ2n) is 3.67. The third-order valence-electron chi connectivity index (χ3n) is 2.49. The third-order valence-corrected chi connectivity index (χ3v) is 4.55. The Labute approximate surface area is 121 Å². The maximum Gasteiger partial charge on any atom is 0.266 e. The Bertz CT molecular complexity index is 413. The Morgan fingerprint density at radius 1 is 1.67 bits per heavy atom. The zero-order chi connectivity index (χ0) is 13.0. The highest BCUT2D eigenvalue weighted by Crippen LogP contribution is 2.39. The van der Waals surface area contributed by atoms with Crippen molar-refractivity contribution in [1.82, 2.24) is 15.1 Å².